The van der Waals surface area contributed by atoms with Crippen molar-refractivity contribution in [3.8, 4) is 11.4 Å². The van der Waals surface area contributed by atoms with Gasteiger partial charge in [-0.25, -0.2) is 4.68 Å². The standard InChI is InChI=1S/C13H17N5/c1-8-4-3-5-11(14)12(8)13-15-16-17-18(13)9(2)10-6-7-10/h3-5,9-10H,6-7,14H2,1-2H3. The molecule has 2 aromatic rings. The van der Waals surface area contributed by atoms with Crippen LogP contribution in [0.5, 0.6) is 0 Å². The molecule has 1 aliphatic carbocycles. The van der Waals surface area contributed by atoms with E-state index in [-0.39, 0.29) is 0 Å². The van der Waals surface area contributed by atoms with Crippen molar-refractivity contribution < 1.29 is 0 Å². The van der Waals surface area contributed by atoms with Crippen molar-refractivity contribution in [1.82, 2.24) is 20.2 Å². The number of nitrogens with zero attached hydrogens (tertiary/aromatic N) is 4. The van der Waals surface area contributed by atoms with Gasteiger partial charge in [-0.05, 0) is 54.7 Å². The summed E-state index contributed by atoms with van der Waals surface area (Å²) in [6.07, 6.45) is 2.54. The Morgan fingerprint density at radius 3 is 2.83 bits per heavy atom. The van der Waals surface area contributed by atoms with E-state index >= 15 is 0 Å². The Bertz CT molecular complexity index is 550. The number of hydrogen-bond acceptors (Lipinski definition) is 4. The Balaban J connectivity index is 2.09. The minimum atomic E-state index is 0.342. The van der Waals surface area contributed by atoms with Gasteiger partial charge in [-0.3, -0.25) is 0 Å². The van der Waals surface area contributed by atoms with Gasteiger partial charge >= 0.3 is 0 Å². The van der Waals surface area contributed by atoms with Crippen LogP contribution < -0.4 is 5.73 Å². The van der Waals surface area contributed by atoms with Crippen LogP contribution in [0.2, 0.25) is 0 Å². The molecule has 0 amide bonds. The molecule has 0 radical (unpaired) electrons. The number of hydrogen-bond donors (Lipinski definition) is 1. The minimum Gasteiger partial charge on any atom is -0.398 e. The van der Waals surface area contributed by atoms with Gasteiger partial charge in [0.1, 0.15) is 0 Å². The van der Waals surface area contributed by atoms with Crippen molar-refractivity contribution in [1.29, 1.82) is 0 Å². The molecule has 2 N–H and O–H groups in total. The average molecular weight is 243 g/mol. The summed E-state index contributed by atoms with van der Waals surface area (Å²) in [5, 5.41) is 12.1. The third-order valence-electron chi connectivity index (χ3n) is 3.71. The van der Waals surface area contributed by atoms with Gasteiger partial charge in [0.25, 0.3) is 0 Å². The Labute approximate surface area is 106 Å². The fraction of sp³-hybridized carbons (Fsp3) is 0.462. The molecule has 1 aromatic carbocycles. The van der Waals surface area contributed by atoms with Gasteiger partial charge < -0.3 is 5.73 Å². The van der Waals surface area contributed by atoms with E-state index in [0.717, 1.165) is 22.6 Å². The summed E-state index contributed by atoms with van der Waals surface area (Å²) in [5.41, 5.74) is 8.85. The number of tetrazole rings is 1. The first-order chi connectivity index (χ1) is 8.68. The highest BCUT2D eigenvalue weighted by Gasteiger charge is 2.32. The Hall–Kier alpha value is -1.91. The molecule has 3 rings (SSSR count). The summed E-state index contributed by atoms with van der Waals surface area (Å²) >= 11 is 0. The van der Waals surface area contributed by atoms with E-state index in [0.29, 0.717) is 12.0 Å². The summed E-state index contributed by atoms with van der Waals surface area (Å²) in [6, 6.07) is 6.22. The first-order valence-electron chi connectivity index (χ1n) is 6.32. The lowest BCUT2D eigenvalue weighted by Crippen LogP contribution is -2.12. The highest BCUT2D eigenvalue weighted by molar-refractivity contribution is 5.74. The summed E-state index contributed by atoms with van der Waals surface area (Å²) in [4.78, 5) is 0. The van der Waals surface area contributed by atoms with Crippen LogP contribution in [0.1, 0.15) is 31.4 Å². The maximum absolute atomic E-state index is 6.06. The monoisotopic (exact) mass is 243 g/mol. The maximum Gasteiger partial charge on any atom is 0.184 e. The zero-order valence-corrected chi connectivity index (χ0v) is 10.7. The lowest BCUT2D eigenvalue weighted by molar-refractivity contribution is 0.433. The van der Waals surface area contributed by atoms with E-state index < -0.39 is 0 Å². The predicted molar refractivity (Wildman–Crippen MR) is 69.8 cm³/mol. The molecule has 0 bridgehead atoms. The third kappa shape index (κ3) is 1.75. The Morgan fingerprint density at radius 2 is 2.17 bits per heavy atom. The third-order valence-corrected chi connectivity index (χ3v) is 3.71. The van der Waals surface area contributed by atoms with Gasteiger partial charge in [0.15, 0.2) is 5.82 Å². The van der Waals surface area contributed by atoms with Gasteiger partial charge in [-0.1, -0.05) is 12.1 Å². The van der Waals surface area contributed by atoms with Crippen LogP contribution >= 0.6 is 0 Å². The van der Waals surface area contributed by atoms with Crippen molar-refractivity contribution in [2.24, 2.45) is 5.92 Å². The molecule has 1 saturated carbocycles. The van der Waals surface area contributed by atoms with E-state index in [2.05, 4.69) is 22.4 Å². The number of rotatable bonds is 3. The first-order valence-corrected chi connectivity index (χ1v) is 6.32. The molecule has 18 heavy (non-hydrogen) atoms. The number of anilines is 1. The second-order valence-electron chi connectivity index (χ2n) is 5.06. The van der Waals surface area contributed by atoms with E-state index in [1.165, 1.54) is 12.8 Å². The second-order valence-corrected chi connectivity index (χ2v) is 5.06. The molecule has 1 aliphatic rings. The van der Waals surface area contributed by atoms with Crippen LogP contribution in [0.3, 0.4) is 0 Å². The van der Waals surface area contributed by atoms with Crippen LogP contribution in [0.25, 0.3) is 11.4 Å². The molecule has 5 heteroatoms. The predicted octanol–water partition coefficient (Wildman–Crippen LogP) is 2.20. The van der Waals surface area contributed by atoms with Crippen LogP contribution in [-0.4, -0.2) is 20.2 Å². The zero-order valence-electron chi connectivity index (χ0n) is 10.7. The zero-order chi connectivity index (χ0) is 12.7. The van der Waals surface area contributed by atoms with Crippen molar-refractivity contribution in [2.75, 3.05) is 5.73 Å². The molecule has 0 spiro atoms. The van der Waals surface area contributed by atoms with Crippen molar-refractivity contribution in [2.45, 2.75) is 32.7 Å². The normalized spacial score (nSPS) is 16.8. The van der Waals surface area contributed by atoms with E-state index in [9.17, 15) is 0 Å². The van der Waals surface area contributed by atoms with Crippen molar-refractivity contribution in [3.63, 3.8) is 0 Å². The summed E-state index contributed by atoms with van der Waals surface area (Å²) in [5.74, 6) is 1.49. The van der Waals surface area contributed by atoms with Crippen LogP contribution in [0.4, 0.5) is 5.69 Å². The largest absolute Gasteiger partial charge is 0.398 e. The first kappa shape index (κ1) is 11.2. The van der Waals surface area contributed by atoms with Gasteiger partial charge in [0.2, 0.25) is 0 Å². The molecule has 0 saturated heterocycles. The molecule has 1 unspecified atom stereocenters. The fourth-order valence-corrected chi connectivity index (χ4v) is 2.41. The number of aryl methyl sites for hydroxylation is 1. The summed E-state index contributed by atoms with van der Waals surface area (Å²) in [6.45, 7) is 4.21. The van der Waals surface area contributed by atoms with E-state index in [1.54, 1.807) is 0 Å². The minimum absolute atomic E-state index is 0.342. The van der Waals surface area contributed by atoms with E-state index in [4.69, 9.17) is 5.73 Å². The molecule has 1 heterocycles. The molecular weight excluding hydrogens is 226 g/mol. The van der Waals surface area contributed by atoms with E-state index in [1.807, 2.05) is 29.8 Å². The van der Waals surface area contributed by atoms with Crippen LogP contribution in [0.15, 0.2) is 18.2 Å². The van der Waals surface area contributed by atoms with Crippen LogP contribution in [0, 0.1) is 12.8 Å². The number of nitrogen functional groups attached to an aromatic ring is 1. The topological polar surface area (TPSA) is 69.6 Å². The van der Waals surface area contributed by atoms with Gasteiger partial charge in [-0.15, -0.1) is 5.10 Å². The highest BCUT2D eigenvalue weighted by Crippen LogP contribution is 2.40. The highest BCUT2D eigenvalue weighted by atomic mass is 15.5. The maximum atomic E-state index is 6.06. The second kappa shape index (κ2) is 4.08. The Morgan fingerprint density at radius 1 is 1.39 bits per heavy atom. The van der Waals surface area contributed by atoms with Gasteiger partial charge in [0, 0.05) is 11.3 Å². The number of benzene rings is 1. The van der Waals surface area contributed by atoms with Gasteiger partial charge in [0.05, 0.1) is 6.04 Å². The van der Waals surface area contributed by atoms with Crippen molar-refractivity contribution >= 4 is 5.69 Å². The molecule has 0 aliphatic heterocycles. The molecule has 1 atom stereocenters. The molecule has 1 aromatic heterocycles. The molecule has 94 valence electrons. The number of aromatic nitrogens is 4. The van der Waals surface area contributed by atoms with Crippen molar-refractivity contribution in [3.05, 3.63) is 23.8 Å². The van der Waals surface area contributed by atoms with Crippen LogP contribution in [-0.2, 0) is 0 Å². The molecular formula is C13H17N5. The quantitative estimate of drug-likeness (QED) is 0.839. The smallest absolute Gasteiger partial charge is 0.184 e. The van der Waals surface area contributed by atoms with Gasteiger partial charge in [-0.2, -0.15) is 0 Å². The molecule has 5 nitrogen and oxygen atoms in total. The Kier molecular flexibility index (Phi) is 2.54. The molecule has 1 fully saturated rings. The lowest BCUT2D eigenvalue weighted by atomic mass is 10.1. The fourth-order valence-electron chi connectivity index (χ4n) is 2.41. The SMILES string of the molecule is Cc1cccc(N)c1-c1nnnn1C(C)C1CC1. The summed E-state index contributed by atoms with van der Waals surface area (Å²) < 4.78 is 1.91. The number of nitrogens with two attached hydrogens (primary N) is 1. The summed E-state index contributed by atoms with van der Waals surface area (Å²) in [7, 11) is 0. The average Bonchev–Trinajstić information content (AvgIpc) is 3.08. The lowest BCUT2D eigenvalue weighted by Gasteiger charge is -2.14.